The molecule has 5 nitrogen and oxygen atoms in total. The maximum Gasteiger partial charge on any atom is 0.277 e. The number of hydrogen-bond donors (Lipinski definition) is 2. The Bertz CT molecular complexity index is 691. The molecule has 2 rings (SSSR count). The average Bonchev–Trinajstić information content (AvgIpc) is 2.51. The first kappa shape index (κ1) is 16.1. The first-order chi connectivity index (χ1) is 10.6. The van der Waals surface area contributed by atoms with Gasteiger partial charge < -0.3 is 9.84 Å². The third-order valence-corrected chi connectivity index (χ3v) is 3.07. The fraction of sp³-hybridized carbons (Fsp3) is 0.0667. The third-order valence-electron chi connectivity index (χ3n) is 2.56. The van der Waals surface area contributed by atoms with Crippen LogP contribution in [0.1, 0.15) is 5.56 Å². The molecule has 2 N–H and O–H groups in total. The minimum Gasteiger partial charge on any atom is -0.506 e. The first-order valence-corrected chi connectivity index (χ1v) is 6.99. The summed E-state index contributed by atoms with van der Waals surface area (Å²) in [7, 11) is 0. The molecule has 22 heavy (non-hydrogen) atoms. The van der Waals surface area contributed by atoms with Gasteiger partial charge in [-0.05, 0) is 24.3 Å². The smallest absolute Gasteiger partial charge is 0.277 e. The summed E-state index contributed by atoms with van der Waals surface area (Å²) in [6.45, 7) is -0.177. The van der Waals surface area contributed by atoms with E-state index in [4.69, 9.17) is 27.9 Å². The number of phenols is 1. The van der Waals surface area contributed by atoms with Crippen molar-refractivity contribution in [2.45, 2.75) is 0 Å². The summed E-state index contributed by atoms with van der Waals surface area (Å²) >= 11 is 11.6. The van der Waals surface area contributed by atoms with Gasteiger partial charge in [-0.1, -0.05) is 41.4 Å². The summed E-state index contributed by atoms with van der Waals surface area (Å²) in [6, 6.07) is 11.8. The Labute approximate surface area is 137 Å². The molecular formula is C15H12Cl2N2O3. The van der Waals surface area contributed by atoms with Gasteiger partial charge in [0.1, 0.15) is 11.5 Å². The van der Waals surface area contributed by atoms with Crippen molar-refractivity contribution < 1.29 is 14.6 Å². The van der Waals surface area contributed by atoms with Gasteiger partial charge in [0, 0.05) is 10.6 Å². The number of hydrogen-bond acceptors (Lipinski definition) is 4. The van der Waals surface area contributed by atoms with E-state index < -0.39 is 5.91 Å². The Morgan fingerprint density at radius 3 is 2.73 bits per heavy atom. The number of carbonyl (C=O) groups is 1. The van der Waals surface area contributed by atoms with E-state index in [1.807, 2.05) is 6.07 Å². The van der Waals surface area contributed by atoms with Crippen molar-refractivity contribution in [1.29, 1.82) is 0 Å². The molecule has 114 valence electrons. The van der Waals surface area contributed by atoms with Crippen LogP contribution >= 0.6 is 23.2 Å². The fourth-order valence-corrected chi connectivity index (χ4v) is 2.07. The number of nitrogens with one attached hydrogen (secondary N) is 1. The van der Waals surface area contributed by atoms with Gasteiger partial charge in [0.25, 0.3) is 5.91 Å². The molecule has 0 aliphatic heterocycles. The predicted octanol–water partition coefficient (Wildman–Crippen LogP) is 3.23. The zero-order valence-corrected chi connectivity index (χ0v) is 12.8. The SMILES string of the molecule is O=C(COc1ccccc1)N/N=C\c1cc(Cl)cc(Cl)c1O. The van der Waals surface area contributed by atoms with Gasteiger partial charge in [0.2, 0.25) is 0 Å². The molecular weight excluding hydrogens is 327 g/mol. The van der Waals surface area contributed by atoms with Crippen molar-refractivity contribution in [2.24, 2.45) is 5.10 Å². The lowest BCUT2D eigenvalue weighted by Gasteiger charge is -2.05. The molecule has 0 saturated carbocycles. The zero-order chi connectivity index (χ0) is 15.9. The van der Waals surface area contributed by atoms with Crippen molar-refractivity contribution in [1.82, 2.24) is 5.43 Å². The highest BCUT2D eigenvalue weighted by atomic mass is 35.5. The molecule has 0 spiro atoms. The number of phenolic OH excluding ortho intramolecular Hbond substituents is 1. The van der Waals surface area contributed by atoms with Crippen LogP contribution in [-0.4, -0.2) is 23.8 Å². The number of aromatic hydroxyl groups is 1. The molecule has 1 amide bonds. The third kappa shape index (κ3) is 4.65. The maximum absolute atomic E-state index is 11.6. The summed E-state index contributed by atoms with van der Waals surface area (Å²) in [5.41, 5.74) is 2.57. The van der Waals surface area contributed by atoms with Gasteiger partial charge in [0.05, 0.1) is 11.2 Å². The van der Waals surface area contributed by atoms with Crippen molar-refractivity contribution in [3.63, 3.8) is 0 Å². The molecule has 0 unspecified atom stereocenters. The van der Waals surface area contributed by atoms with E-state index in [2.05, 4.69) is 10.5 Å². The Morgan fingerprint density at radius 1 is 1.27 bits per heavy atom. The van der Waals surface area contributed by atoms with Gasteiger partial charge in [-0.15, -0.1) is 0 Å². The molecule has 0 aliphatic rings. The van der Waals surface area contributed by atoms with Crippen LogP contribution in [0.4, 0.5) is 0 Å². The molecule has 2 aromatic rings. The van der Waals surface area contributed by atoms with Crippen LogP contribution in [0.2, 0.25) is 10.0 Å². The average molecular weight is 339 g/mol. The van der Waals surface area contributed by atoms with Crippen LogP contribution in [0.3, 0.4) is 0 Å². The summed E-state index contributed by atoms with van der Waals surface area (Å²) in [5.74, 6) is -0.0155. The van der Waals surface area contributed by atoms with E-state index in [1.54, 1.807) is 24.3 Å². The molecule has 0 aromatic heterocycles. The van der Waals surface area contributed by atoms with Crippen LogP contribution < -0.4 is 10.2 Å². The molecule has 0 atom stereocenters. The summed E-state index contributed by atoms with van der Waals surface area (Å²) in [6.07, 6.45) is 1.24. The Morgan fingerprint density at radius 2 is 2.00 bits per heavy atom. The highest BCUT2D eigenvalue weighted by Crippen LogP contribution is 2.29. The second kappa shape index (κ2) is 7.68. The van der Waals surface area contributed by atoms with Gasteiger partial charge in [-0.25, -0.2) is 5.43 Å². The Hall–Kier alpha value is -2.24. The second-order valence-corrected chi connectivity index (χ2v) is 5.06. The zero-order valence-electron chi connectivity index (χ0n) is 11.3. The second-order valence-electron chi connectivity index (χ2n) is 4.22. The van der Waals surface area contributed by atoms with Gasteiger partial charge in [-0.2, -0.15) is 5.10 Å². The fourth-order valence-electron chi connectivity index (χ4n) is 1.56. The molecule has 0 saturated heterocycles. The minimum absolute atomic E-state index is 0.104. The van der Waals surface area contributed by atoms with Crippen LogP contribution in [0.5, 0.6) is 11.5 Å². The molecule has 0 radical (unpaired) electrons. The molecule has 2 aromatic carbocycles. The van der Waals surface area contributed by atoms with Crippen molar-refractivity contribution in [3.05, 3.63) is 58.1 Å². The first-order valence-electron chi connectivity index (χ1n) is 6.24. The largest absolute Gasteiger partial charge is 0.506 e. The van der Waals surface area contributed by atoms with Crippen LogP contribution in [0.15, 0.2) is 47.6 Å². The van der Waals surface area contributed by atoms with Crippen molar-refractivity contribution >= 4 is 35.3 Å². The van der Waals surface area contributed by atoms with Crippen LogP contribution in [-0.2, 0) is 4.79 Å². The predicted molar refractivity (Wildman–Crippen MR) is 85.8 cm³/mol. The van der Waals surface area contributed by atoms with E-state index in [9.17, 15) is 9.90 Å². The Kier molecular flexibility index (Phi) is 5.63. The molecule has 7 heteroatoms. The number of ether oxygens (including phenoxy) is 1. The molecule has 0 heterocycles. The lowest BCUT2D eigenvalue weighted by atomic mass is 10.2. The number of carbonyl (C=O) groups excluding carboxylic acids is 1. The van der Waals surface area contributed by atoms with Crippen LogP contribution in [0.25, 0.3) is 0 Å². The number of hydrazone groups is 1. The summed E-state index contributed by atoms with van der Waals surface area (Å²) in [4.78, 5) is 11.6. The van der Waals surface area contributed by atoms with E-state index in [-0.39, 0.29) is 17.4 Å². The number of benzene rings is 2. The van der Waals surface area contributed by atoms with E-state index >= 15 is 0 Å². The monoisotopic (exact) mass is 338 g/mol. The lowest BCUT2D eigenvalue weighted by Crippen LogP contribution is -2.24. The number of rotatable bonds is 5. The Balaban J connectivity index is 1.88. The van der Waals surface area contributed by atoms with Crippen molar-refractivity contribution in [2.75, 3.05) is 6.61 Å². The van der Waals surface area contributed by atoms with Gasteiger partial charge in [-0.3, -0.25) is 4.79 Å². The van der Waals surface area contributed by atoms with E-state index in [0.717, 1.165) is 0 Å². The van der Waals surface area contributed by atoms with E-state index in [0.29, 0.717) is 16.3 Å². The molecule has 0 fully saturated rings. The summed E-state index contributed by atoms with van der Waals surface area (Å²) < 4.78 is 5.25. The molecule has 0 bridgehead atoms. The number of amides is 1. The highest BCUT2D eigenvalue weighted by molar-refractivity contribution is 6.36. The van der Waals surface area contributed by atoms with Crippen LogP contribution in [0, 0.1) is 0 Å². The maximum atomic E-state index is 11.6. The standard InChI is InChI=1S/C15H12Cl2N2O3/c16-11-6-10(15(21)13(17)7-11)8-18-19-14(20)9-22-12-4-2-1-3-5-12/h1-8,21H,9H2,(H,19,20)/b18-8-. The normalized spacial score (nSPS) is 10.6. The number of nitrogens with zero attached hydrogens (tertiary/aromatic N) is 1. The molecule has 0 aliphatic carbocycles. The topological polar surface area (TPSA) is 70.9 Å². The van der Waals surface area contributed by atoms with Gasteiger partial charge >= 0.3 is 0 Å². The van der Waals surface area contributed by atoms with Crippen molar-refractivity contribution in [3.8, 4) is 11.5 Å². The summed E-state index contributed by atoms with van der Waals surface area (Å²) in [5, 5.41) is 13.9. The quantitative estimate of drug-likeness (QED) is 0.649. The van der Waals surface area contributed by atoms with E-state index in [1.165, 1.54) is 18.3 Å². The number of halogens is 2. The number of para-hydroxylation sites is 1. The lowest BCUT2D eigenvalue weighted by molar-refractivity contribution is -0.123. The highest BCUT2D eigenvalue weighted by Gasteiger charge is 2.06. The van der Waals surface area contributed by atoms with Gasteiger partial charge in [0.15, 0.2) is 6.61 Å². The minimum atomic E-state index is -0.437.